The van der Waals surface area contributed by atoms with Crippen LogP contribution in [0.25, 0.3) is 0 Å². The highest BCUT2D eigenvalue weighted by Gasteiger charge is 2.33. The van der Waals surface area contributed by atoms with Crippen molar-refractivity contribution in [1.82, 2.24) is 5.32 Å². The summed E-state index contributed by atoms with van der Waals surface area (Å²) in [5, 5.41) is 3.21. The molecule has 0 bridgehead atoms. The molecule has 78 valence electrons. The van der Waals surface area contributed by atoms with Crippen molar-refractivity contribution in [2.45, 2.75) is 18.9 Å². The Hall–Kier alpha value is -0.570. The minimum Gasteiger partial charge on any atom is -0.319 e. The lowest BCUT2D eigenvalue weighted by molar-refractivity contribution is 0.287. The van der Waals surface area contributed by atoms with Crippen LogP contribution in [0.3, 0.4) is 0 Å². The molecule has 1 aromatic carbocycles. The summed E-state index contributed by atoms with van der Waals surface area (Å²) < 4.78 is 0. The highest BCUT2D eigenvalue weighted by atomic mass is 35.5. The topological polar surface area (TPSA) is 38.0 Å². The van der Waals surface area contributed by atoms with Crippen LogP contribution in [0.1, 0.15) is 18.1 Å². The summed E-state index contributed by atoms with van der Waals surface area (Å²) in [5.41, 5.74) is 8.72. The van der Waals surface area contributed by atoms with Crippen molar-refractivity contribution in [2.75, 3.05) is 13.1 Å². The van der Waals surface area contributed by atoms with Gasteiger partial charge in [0.1, 0.15) is 0 Å². The van der Waals surface area contributed by atoms with E-state index in [4.69, 9.17) is 5.73 Å². The minimum atomic E-state index is -0.106. The maximum Gasteiger partial charge on any atom is 0.0662 e. The van der Waals surface area contributed by atoms with Crippen LogP contribution in [0.5, 0.6) is 0 Å². The van der Waals surface area contributed by atoms with Gasteiger partial charge < -0.3 is 11.1 Å². The Bertz CT molecular complexity index is 308. The average Bonchev–Trinajstić information content (AvgIpc) is 2.14. The number of rotatable bonds is 2. The zero-order valence-corrected chi connectivity index (χ0v) is 9.23. The number of nitrogens with one attached hydrogen (secondary N) is 1. The number of aryl methyl sites for hydroxylation is 1. The smallest absolute Gasteiger partial charge is 0.0662 e. The summed E-state index contributed by atoms with van der Waals surface area (Å²) in [6, 6.07) is 8.60. The van der Waals surface area contributed by atoms with Crippen LogP contribution in [-0.4, -0.2) is 13.1 Å². The average molecular weight is 213 g/mol. The van der Waals surface area contributed by atoms with Gasteiger partial charge in [0.25, 0.3) is 0 Å². The van der Waals surface area contributed by atoms with Crippen LogP contribution < -0.4 is 11.1 Å². The largest absolute Gasteiger partial charge is 0.319 e. The molecule has 0 spiro atoms. The summed E-state index contributed by atoms with van der Waals surface area (Å²) in [7, 11) is 0. The van der Waals surface area contributed by atoms with Gasteiger partial charge in [0.15, 0.2) is 0 Å². The van der Waals surface area contributed by atoms with Gasteiger partial charge in [-0.2, -0.15) is 0 Å². The lowest BCUT2D eigenvalue weighted by atomic mass is 9.84. The Morgan fingerprint density at radius 2 is 2.14 bits per heavy atom. The minimum absolute atomic E-state index is 0. The molecule has 0 aromatic heterocycles. The SMILES string of the molecule is CCc1cccc(C2(N)CNC2)c1.Cl. The molecule has 1 aliphatic heterocycles. The van der Waals surface area contributed by atoms with Gasteiger partial charge in [-0.25, -0.2) is 0 Å². The fourth-order valence-electron chi connectivity index (χ4n) is 1.70. The molecule has 0 atom stereocenters. The van der Waals surface area contributed by atoms with Crippen LogP contribution in [0.15, 0.2) is 24.3 Å². The van der Waals surface area contributed by atoms with Gasteiger partial charge in [-0.3, -0.25) is 0 Å². The Labute approximate surface area is 91.3 Å². The lowest BCUT2D eigenvalue weighted by Crippen LogP contribution is -2.62. The molecule has 0 saturated carbocycles. The van der Waals surface area contributed by atoms with Crippen LogP contribution in [-0.2, 0) is 12.0 Å². The molecule has 1 aromatic rings. The molecule has 1 saturated heterocycles. The van der Waals surface area contributed by atoms with Gasteiger partial charge >= 0.3 is 0 Å². The summed E-state index contributed by atoms with van der Waals surface area (Å²) in [6.07, 6.45) is 1.08. The van der Waals surface area contributed by atoms with E-state index in [1.165, 1.54) is 11.1 Å². The third-order valence-electron chi connectivity index (χ3n) is 2.79. The van der Waals surface area contributed by atoms with Crippen molar-refractivity contribution in [3.8, 4) is 0 Å². The summed E-state index contributed by atoms with van der Waals surface area (Å²) >= 11 is 0. The van der Waals surface area contributed by atoms with E-state index in [1.807, 2.05) is 0 Å². The van der Waals surface area contributed by atoms with E-state index < -0.39 is 0 Å². The Morgan fingerprint density at radius 3 is 2.64 bits per heavy atom. The van der Waals surface area contributed by atoms with E-state index in [2.05, 4.69) is 36.5 Å². The van der Waals surface area contributed by atoms with Crippen LogP contribution in [0.2, 0.25) is 0 Å². The Morgan fingerprint density at radius 1 is 1.43 bits per heavy atom. The normalized spacial score (nSPS) is 18.1. The van der Waals surface area contributed by atoms with E-state index in [-0.39, 0.29) is 17.9 Å². The number of benzene rings is 1. The maximum absolute atomic E-state index is 6.19. The summed E-state index contributed by atoms with van der Waals surface area (Å²) in [5.74, 6) is 0. The standard InChI is InChI=1S/C11H16N2.ClH/c1-2-9-4-3-5-10(6-9)11(12)7-13-8-11;/h3-6,13H,2,7-8,12H2,1H3;1H. The zero-order valence-electron chi connectivity index (χ0n) is 8.42. The molecule has 2 nitrogen and oxygen atoms in total. The summed E-state index contributed by atoms with van der Waals surface area (Å²) in [4.78, 5) is 0. The second-order valence-corrected chi connectivity index (χ2v) is 3.81. The molecular weight excluding hydrogens is 196 g/mol. The maximum atomic E-state index is 6.19. The quantitative estimate of drug-likeness (QED) is 0.779. The van der Waals surface area contributed by atoms with Crippen LogP contribution >= 0.6 is 12.4 Å². The third kappa shape index (κ3) is 1.92. The van der Waals surface area contributed by atoms with E-state index in [0.717, 1.165) is 19.5 Å². The molecule has 0 aliphatic carbocycles. The predicted octanol–water partition coefficient (Wildman–Crippen LogP) is 1.43. The first kappa shape index (κ1) is 11.5. The molecule has 0 amide bonds. The number of hydrogen-bond donors (Lipinski definition) is 2. The van der Waals surface area contributed by atoms with Gasteiger partial charge in [-0.15, -0.1) is 12.4 Å². The molecule has 14 heavy (non-hydrogen) atoms. The number of halogens is 1. The van der Waals surface area contributed by atoms with E-state index >= 15 is 0 Å². The van der Waals surface area contributed by atoms with Crippen LogP contribution in [0, 0.1) is 0 Å². The van der Waals surface area contributed by atoms with Gasteiger partial charge in [0.05, 0.1) is 5.54 Å². The van der Waals surface area contributed by atoms with Gasteiger partial charge in [-0.1, -0.05) is 31.2 Å². The van der Waals surface area contributed by atoms with Gasteiger partial charge in [0.2, 0.25) is 0 Å². The van der Waals surface area contributed by atoms with Crippen molar-refractivity contribution in [2.24, 2.45) is 5.73 Å². The molecular formula is C11H17ClN2. The van der Waals surface area contributed by atoms with Crippen LogP contribution in [0.4, 0.5) is 0 Å². The second-order valence-electron chi connectivity index (χ2n) is 3.81. The van der Waals surface area contributed by atoms with E-state index in [9.17, 15) is 0 Å². The Kier molecular flexibility index (Phi) is 3.53. The third-order valence-corrected chi connectivity index (χ3v) is 2.79. The highest BCUT2D eigenvalue weighted by Crippen LogP contribution is 2.23. The van der Waals surface area contributed by atoms with Gasteiger partial charge in [-0.05, 0) is 17.5 Å². The molecule has 1 heterocycles. The predicted molar refractivity (Wildman–Crippen MR) is 61.8 cm³/mol. The monoisotopic (exact) mass is 212 g/mol. The van der Waals surface area contributed by atoms with Crippen molar-refractivity contribution in [3.63, 3.8) is 0 Å². The van der Waals surface area contributed by atoms with Crippen molar-refractivity contribution < 1.29 is 0 Å². The molecule has 0 radical (unpaired) electrons. The molecule has 3 N–H and O–H groups in total. The fourth-order valence-corrected chi connectivity index (χ4v) is 1.70. The molecule has 3 heteroatoms. The summed E-state index contributed by atoms with van der Waals surface area (Å²) in [6.45, 7) is 3.97. The van der Waals surface area contributed by atoms with Crippen molar-refractivity contribution >= 4 is 12.4 Å². The van der Waals surface area contributed by atoms with Gasteiger partial charge in [0, 0.05) is 13.1 Å². The molecule has 2 rings (SSSR count). The highest BCUT2D eigenvalue weighted by molar-refractivity contribution is 5.85. The van der Waals surface area contributed by atoms with E-state index in [1.54, 1.807) is 0 Å². The zero-order chi connectivity index (χ0) is 9.31. The first-order valence-corrected chi connectivity index (χ1v) is 4.83. The first-order valence-electron chi connectivity index (χ1n) is 4.83. The molecule has 1 aliphatic rings. The Balaban J connectivity index is 0.000000980. The van der Waals surface area contributed by atoms with Crippen molar-refractivity contribution in [1.29, 1.82) is 0 Å². The molecule has 0 unspecified atom stereocenters. The number of hydrogen-bond acceptors (Lipinski definition) is 2. The van der Waals surface area contributed by atoms with Crippen molar-refractivity contribution in [3.05, 3.63) is 35.4 Å². The number of nitrogens with two attached hydrogens (primary N) is 1. The lowest BCUT2D eigenvalue weighted by Gasteiger charge is -2.39. The second kappa shape index (κ2) is 4.30. The molecule has 1 fully saturated rings. The first-order chi connectivity index (χ1) is 6.24. The van der Waals surface area contributed by atoms with E-state index in [0.29, 0.717) is 0 Å². The fraction of sp³-hybridized carbons (Fsp3) is 0.455.